The number of nitrogens with zero attached hydrogens (tertiary/aromatic N) is 2. The number of hydrogen-bond donors (Lipinski definition) is 0. The maximum atomic E-state index is 12.5. The van der Waals surface area contributed by atoms with Gasteiger partial charge in [-0.2, -0.15) is 26.3 Å². The molecule has 2 aromatic rings. The minimum Gasteiger partial charge on any atom is -0.426 e. The van der Waals surface area contributed by atoms with Gasteiger partial charge in [-0.25, -0.2) is 4.79 Å². The molecule has 0 bridgehead atoms. The van der Waals surface area contributed by atoms with Gasteiger partial charge in [0, 0.05) is 41.9 Å². The van der Waals surface area contributed by atoms with E-state index in [0.717, 1.165) is 18.1 Å². The van der Waals surface area contributed by atoms with Crippen LogP contribution in [0.2, 0.25) is 0 Å². The summed E-state index contributed by atoms with van der Waals surface area (Å²) in [6.45, 7) is 2.38. The molecule has 1 aliphatic rings. The highest BCUT2D eigenvalue weighted by Gasteiger charge is 2.60. The van der Waals surface area contributed by atoms with Gasteiger partial charge in [-0.3, -0.25) is 4.57 Å². The Morgan fingerprint density at radius 2 is 1.59 bits per heavy atom. The Kier molecular flexibility index (Phi) is 4.98. The highest BCUT2D eigenvalue weighted by atomic mass is 19.4. The van der Waals surface area contributed by atoms with Crippen LogP contribution in [0.25, 0.3) is 10.8 Å². The Labute approximate surface area is 149 Å². The van der Waals surface area contributed by atoms with Crippen LogP contribution in [0.5, 0.6) is 0 Å². The van der Waals surface area contributed by atoms with Crippen molar-refractivity contribution in [3.8, 4) is 0 Å². The van der Waals surface area contributed by atoms with Crippen molar-refractivity contribution >= 4 is 22.6 Å². The molecule has 0 saturated carbocycles. The molecule has 1 saturated heterocycles. The number of carbonyl (C=O) groups is 1. The van der Waals surface area contributed by atoms with Crippen molar-refractivity contribution in [2.24, 2.45) is 0 Å². The van der Waals surface area contributed by atoms with Crippen LogP contribution >= 0.6 is 0 Å². The van der Waals surface area contributed by atoms with Gasteiger partial charge in [0.2, 0.25) is 0 Å². The van der Waals surface area contributed by atoms with E-state index in [0.29, 0.717) is 41.6 Å². The number of ether oxygens (including phenoxy) is 2. The van der Waals surface area contributed by atoms with Crippen LogP contribution < -0.4 is 4.90 Å². The molecule has 148 valence electrons. The maximum absolute atomic E-state index is 12.5. The summed E-state index contributed by atoms with van der Waals surface area (Å²) >= 11 is 0. The summed E-state index contributed by atoms with van der Waals surface area (Å²) in [6.07, 6.45) is -15.2. The highest BCUT2D eigenvalue weighted by Crippen LogP contribution is 2.36. The Morgan fingerprint density at radius 1 is 1.00 bits per heavy atom. The normalized spacial score (nSPS) is 16.2. The fourth-order valence-corrected chi connectivity index (χ4v) is 2.73. The number of fused-ring (bicyclic) bond motifs is 1. The molecule has 1 aliphatic heterocycles. The monoisotopic (exact) mass is 396 g/mol. The van der Waals surface area contributed by atoms with Gasteiger partial charge in [0.1, 0.15) is 0 Å². The summed E-state index contributed by atoms with van der Waals surface area (Å²) in [5.74, 6) is 0. The molecule has 5 nitrogen and oxygen atoms in total. The molecule has 0 atom stereocenters. The minimum absolute atomic E-state index is 0.472. The van der Waals surface area contributed by atoms with E-state index in [-0.39, 0.29) is 0 Å². The molecular formula is C16H14F6N2O3. The number of aromatic nitrogens is 1. The van der Waals surface area contributed by atoms with Crippen LogP contribution in [0.1, 0.15) is 0 Å². The average Bonchev–Trinajstić information content (AvgIpc) is 3.01. The van der Waals surface area contributed by atoms with Crippen LogP contribution in [0.4, 0.5) is 36.8 Å². The fourth-order valence-electron chi connectivity index (χ4n) is 2.73. The molecule has 0 unspecified atom stereocenters. The van der Waals surface area contributed by atoms with E-state index in [2.05, 4.69) is 4.74 Å². The lowest BCUT2D eigenvalue weighted by atomic mass is 10.2. The zero-order valence-corrected chi connectivity index (χ0v) is 13.7. The molecule has 1 aromatic heterocycles. The first kappa shape index (κ1) is 19.3. The molecule has 0 aliphatic carbocycles. The number of halogens is 6. The van der Waals surface area contributed by atoms with Gasteiger partial charge in [-0.1, -0.05) is 6.07 Å². The summed E-state index contributed by atoms with van der Waals surface area (Å²) in [7, 11) is 0. The van der Waals surface area contributed by atoms with Gasteiger partial charge in [0.25, 0.3) is 6.10 Å². The second-order valence-electron chi connectivity index (χ2n) is 5.93. The Hall–Kier alpha value is -2.43. The van der Waals surface area contributed by atoms with E-state index in [4.69, 9.17) is 4.74 Å². The summed E-state index contributed by atoms with van der Waals surface area (Å²) in [6, 6.07) is 5.06. The van der Waals surface area contributed by atoms with Gasteiger partial charge in [-0.15, -0.1) is 0 Å². The molecule has 0 amide bonds. The lowest BCUT2D eigenvalue weighted by molar-refractivity contribution is -0.306. The zero-order chi connectivity index (χ0) is 19.8. The minimum atomic E-state index is -5.76. The quantitative estimate of drug-likeness (QED) is 0.721. The standard InChI is InChI=1S/C16H14F6N2O3/c17-15(18,19)13(16(20,21)22)27-14(25)24-8-10-1-2-12(7-11(10)9-24)23-3-5-26-6-4-23/h1-2,7-9,13H,3-6H2. The molecule has 0 radical (unpaired) electrons. The van der Waals surface area contributed by atoms with Crippen molar-refractivity contribution < 1.29 is 40.6 Å². The van der Waals surface area contributed by atoms with Crippen LogP contribution in [0, 0.1) is 0 Å². The number of carbonyl (C=O) groups excluding carboxylic acids is 1. The number of rotatable bonds is 2. The summed E-state index contributed by atoms with van der Waals surface area (Å²) in [5.41, 5.74) is 0.806. The van der Waals surface area contributed by atoms with Gasteiger partial charge < -0.3 is 14.4 Å². The second-order valence-corrected chi connectivity index (χ2v) is 5.93. The number of benzene rings is 1. The molecule has 0 N–H and O–H groups in total. The van der Waals surface area contributed by atoms with Crippen molar-refractivity contribution in [1.82, 2.24) is 4.57 Å². The van der Waals surface area contributed by atoms with Crippen LogP contribution in [-0.4, -0.2) is 55.4 Å². The lowest BCUT2D eigenvalue weighted by Gasteiger charge is -2.28. The zero-order valence-electron chi connectivity index (χ0n) is 13.7. The first-order chi connectivity index (χ1) is 12.6. The molecule has 1 fully saturated rings. The SMILES string of the molecule is O=C(OC(C(F)(F)F)C(F)(F)F)n1cc2ccc(N3CCOCC3)cc2c1. The first-order valence-electron chi connectivity index (χ1n) is 7.84. The predicted molar refractivity (Wildman–Crippen MR) is 82.7 cm³/mol. The third-order valence-corrected chi connectivity index (χ3v) is 4.03. The fraction of sp³-hybridized carbons (Fsp3) is 0.438. The molecule has 3 rings (SSSR count). The number of alkyl halides is 6. The van der Waals surface area contributed by atoms with E-state index in [1.54, 1.807) is 18.2 Å². The summed E-state index contributed by atoms with van der Waals surface area (Å²) in [5, 5.41) is 0.950. The largest absolute Gasteiger partial charge is 0.434 e. The van der Waals surface area contributed by atoms with E-state index in [9.17, 15) is 31.1 Å². The third kappa shape index (κ3) is 4.29. The second kappa shape index (κ2) is 6.95. The van der Waals surface area contributed by atoms with Crippen molar-refractivity contribution in [3.05, 3.63) is 30.6 Å². The molecule has 2 heterocycles. The van der Waals surface area contributed by atoms with Crippen LogP contribution in [0.15, 0.2) is 30.6 Å². The molecule has 27 heavy (non-hydrogen) atoms. The average molecular weight is 396 g/mol. The van der Waals surface area contributed by atoms with E-state index in [1.165, 1.54) is 0 Å². The maximum Gasteiger partial charge on any atom is 0.434 e. The first-order valence-corrected chi connectivity index (χ1v) is 7.84. The van der Waals surface area contributed by atoms with Gasteiger partial charge in [0.15, 0.2) is 0 Å². The smallest absolute Gasteiger partial charge is 0.426 e. The highest BCUT2D eigenvalue weighted by molar-refractivity contribution is 5.89. The van der Waals surface area contributed by atoms with E-state index >= 15 is 0 Å². The topological polar surface area (TPSA) is 43.7 Å². The molecule has 0 spiro atoms. The molecule has 1 aromatic carbocycles. The number of morpholine rings is 1. The molecule has 11 heteroatoms. The third-order valence-electron chi connectivity index (χ3n) is 4.03. The summed E-state index contributed by atoms with van der Waals surface area (Å²) in [4.78, 5) is 13.8. The van der Waals surface area contributed by atoms with Crippen LogP contribution in [0.3, 0.4) is 0 Å². The number of anilines is 1. The molecular weight excluding hydrogens is 382 g/mol. The lowest BCUT2D eigenvalue weighted by Crippen LogP contribution is -2.46. The Balaban J connectivity index is 1.82. The van der Waals surface area contributed by atoms with Gasteiger partial charge in [0.05, 0.1) is 13.2 Å². The van der Waals surface area contributed by atoms with Gasteiger partial charge >= 0.3 is 18.4 Å². The van der Waals surface area contributed by atoms with E-state index in [1.807, 2.05) is 4.90 Å². The summed E-state index contributed by atoms with van der Waals surface area (Å²) < 4.78 is 84.7. The van der Waals surface area contributed by atoms with E-state index < -0.39 is 24.5 Å². The van der Waals surface area contributed by atoms with Crippen molar-refractivity contribution in [3.63, 3.8) is 0 Å². The Bertz CT molecular complexity index is 810. The van der Waals surface area contributed by atoms with Crippen molar-refractivity contribution in [2.75, 3.05) is 31.2 Å². The Morgan fingerprint density at radius 3 is 2.19 bits per heavy atom. The van der Waals surface area contributed by atoms with Crippen LogP contribution in [-0.2, 0) is 9.47 Å². The van der Waals surface area contributed by atoms with Gasteiger partial charge in [-0.05, 0) is 12.1 Å². The van der Waals surface area contributed by atoms with Crippen molar-refractivity contribution in [1.29, 1.82) is 0 Å². The van der Waals surface area contributed by atoms with Crippen molar-refractivity contribution in [2.45, 2.75) is 18.5 Å². The predicted octanol–water partition coefficient (Wildman–Crippen LogP) is 3.96. The number of hydrogen-bond acceptors (Lipinski definition) is 4.